The highest BCUT2D eigenvalue weighted by atomic mass is 15.4. The van der Waals surface area contributed by atoms with E-state index in [-0.39, 0.29) is 6.04 Å². The van der Waals surface area contributed by atoms with E-state index in [1.807, 2.05) is 59.2 Å². The van der Waals surface area contributed by atoms with Crippen molar-refractivity contribution in [2.75, 3.05) is 23.3 Å². The van der Waals surface area contributed by atoms with E-state index < -0.39 is 0 Å². The normalized spacial score (nSPS) is 15.2. The van der Waals surface area contributed by atoms with Crippen molar-refractivity contribution in [3.05, 3.63) is 54.7 Å². The number of H-pyrrole nitrogens is 1. The van der Waals surface area contributed by atoms with Gasteiger partial charge in [0, 0.05) is 31.4 Å². The molecule has 8 heteroatoms. The summed E-state index contributed by atoms with van der Waals surface area (Å²) in [4.78, 5) is 6.98. The Bertz CT molecular complexity index is 1080. The fourth-order valence-corrected chi connectivity index (χ4v) is 3.52. The Balaban J connectivity index is 1.45. The molecule has 0 radical (unpaired) electrons. The average molecular weight is 374 g/mol. The highest BCUT2D eigenvalue weighted by Gasteiger charge is 2.20. The molecule has 0 saturated carbocycles. The van der Waals surface area contributed by atoms with Crippen LogP contribution in [0.5, 0.6) is 0 Å². The second kappa shape index (κ2) is 6.97. The van der Waals surface area contributed by atoms with E-state index in [0.717, 1.165) is 48.5 Å². The van der Waals surface area contributed by atoms with Gasteiger partial charge in [0.2, 0.25) is 5.95 Å². The first kappa shape index (κ1) is 16.8. The lowest BCUT2D eigenvalue weighted by molar-refractivity contribution is 0.493. The van der Waals surface area contributed by atoms with Crippen molar-refractivity contribution in [3.8, 4) is 11.3 Å². The van der Waals surface area contributed by atoms with Crippen LogP contribution in [-0.2, 0) is 0 Å². The molecule has 142 valence electrons. The summed E-state index contributed by atoms with van der Waals surface area (Å²) in [6, 6.07) is 16.3. The Morgan fingerprint density at radius 2 is 1.89 bits per heavy atom. The molecule has 1 aliphatic heterocycles. The van der Waals surface area contributed by atoms with Gasteiger partial charge in [0.1, 0.15) is 5.52 Å². The minimum atomic E-state index is 0.268. The number of aromatic amines is 1. The molecular weight excluding hydrogens is 352 g/mol. The van der Waals surface area contributed by atoms with Gasteiger partial charge in [-0.3, -0.25) is 5.10 Å². The van der Waals surface area contributed by atoms with Crippen LogP contribution in [0.25, 0.3) is 16.8 Å². The van der Waals surface area contributed by atoms with E-state index in [2.05, 4.69) is 25.5 Å². The van der Waals surface area contributed by atoms with Gasteiger partial charge in [-0.2, -0.15) is 10.1 Å². The van der Waals surface area contributed by atoms with Gasteiger partial charge in [-0.1, -0.05) is 30.3 Å². The lowest BCUT2D eigenvalue weighted by Crippen LogP contribution is -2.40. The Hall–Kier alpha value is -3.39. The Kier molecular flexibility index (Phi) is 4.17. The number of nitrogens with one attached hydrogen (secondary N) is 2. The maximum absolute atomic E-state index is 6.03. The van der Waals surface area contributed by atoms with Crippen LogP contribution in [0.15, 0.2) is 54.7 Å². The van der Waals surface area contributed by atoms with Gasteiger partial charge >= 0.3 is 0 Å². The minimum absolute atomic E-state index is 0.268. The molecule has 3 aromatic heterocycles. The van der Waals surface area contributed by atoms with E-state index in [4.69, 9.17) is 10.7 Å². The van der Waals surface area contributed by atoms with Gasteiger partial charge in [0.15, 0.2) is 11.6 Å². The second-order valence-corrected chi connectivity index (χ2v) is 7.08. The molecule has 4 aromatic rings. The van der Waals surface area contributed by atoms with E-state index in [0.29, 0.717) is 11.8 Å². The third-order valence-corrected chi connectivity index (χ3v) is 5.11. The van der Waals surface area contributed by atoms with E-state index in [9.17, 15) is 0 Å². The van der Waals surface area contributed by atoms with Crippen molar-refractivity contribution in [2.24, 2.45) is 5.73 Å². The Morgan fingerprint density at radius 1 is 1.07 bits per heavy atom. The fraction of sp³-hybridized carbons (Fsp3) is 0.250. The fourth-order valence-electron chi connectivity index (χ4n) is 3.52. The quantitative estimate of drug-likeness (QED) is 0.508. The van der Waals surface area contributed by atoms with Crippen LogP contribution < -0.4 is 16.0 Å². The zero-order valence-corrected chi connectivity index (χ0v) is 15.4. The molecule has 4 heterocycles. The SMILES string of the molecule is NC1CCN(c2nc(Nc3cc(-c4ccccc4)[nH]n3)c3cccn3n2)CC1. The van der Waals surface area contributed by atoms with E-state index >= 15 is 0 Å². The summed E-state index contributed by atoms with van der Waals surface area (Å²) in [5, 5.41) is 15.5. The number of piperidine rings is 1. The Morgan fingerprint density at radius 3 is 2.71 bits per heavy atom. The van der Waals surface area contributed by atoms with Crippen LogP contribution in [-0.4, -0.2) is 43.9 Å². The zero-order valence-electron chi connectivity index (χ0n) is 15.4. The van der Waals surface area contributed by atoms with Crippen molar-refractivity contribution in [1.29, 1.82) is 0 Å². The topological polar surface area (TPSA) is 100 Å². The number of aromatic nitrogens is 5. The number of hydrogen-bond donors (Lipinski definition) is 3. The molecule has 1 aliphatic rings. The van der Waals surface area contributed by atoms with Crippen LogP contribution in [0.1, 0.15) is 12.8 Å². The van der Waals surface area contributed by atoms with Crippen molar-refractivity contribution in [3.63, 3.8) is 0 Å². The third-order valence-electron chi connectivity index (χ3n) is 5.11. The number of rotatable bonds is 4. The maximum Gasteiger partial charge on any atom is 0.245 e. The maximum atomic E-state index is 6.03. The summed E-state index contributed by atoms with van der Waals surface area (Å²) >= 11 is 0. The molecule has 0 aliphatic carbocycles. The summed E-state index contributed by atoms with van der Waals surface area (Å²) in [6.45, 7) is 1.74. The lowest BCUT2D eigenvalue weighted by atomic mass is 10.1. The van der Waals surface area contributed by atoms with Crippen LogP contribution >= 0.6 is 0 Å². The molecule has 5 rings (SSSR count). The minimum Gasteiger partial charge on any atom is -0.339 e. The average Bonchev–Trinajstić information content (AvgIpc) is 3.39. The number of hydrogen-bond acceptors (Lipinski definition) is 6. The lowest BCUT2D eigenvalue weighted by Gasteiger charge is -2.30. The number of benzene rings is 1. The molecular formula is C20H22N8. The highest BCUT2D eigenvalue weighted by Crippen LogP contribution is 2.25. The summed E-state index contributed by atoms with van der Waals surface area (Å²) in [5.74, 6) is 2.15. The first-order valence-corrected chi connectivity index (χ1v) is 9.50. The summed E-state index contributed by atoms with van der Waals surface area (Å²) < 4.78 is 1.85. The molecule has 8 nitrogen and oxygen atoms in total. The summed E-state index contributed by atoms with van der Waals surface area (Å²) in [5.41, 5.74) is 8.98. The standard InChI is InChI=1S/C20H22N8/c21-15-8-11-27(12-9-15)20-23-19(17-7-4-10-28(17)26-20)22-18-13-16(24-25-18)14-5-2-1-3-6-14/h1-7,10,13,15H,8-9,11-12,21H2,(H2,22,23,24,25,26). The molecule has 1 aromatic carbocycles. The first-order valence-electron chi connectivity index (χ1n) is 9.50. The highest BCUT2D eigenvalue weighted by molar-refractivity contribution is 5.74. The van der Waals surface area contributed by atoms with Crippen molar-refractivity contribution < 1.29 is 0 Å². The van der Waals surface area contributed by atoms with Gasteiger partial charge < -0.3 is 16.0 Å². The monoisotopic (exact) mass is 374 g/mol. The number of nitrogens with zero attached hydrogens (tertiary/aromatic N) is 5. The van der Waals surface area contributed by atoms with E-state index in [1.54, 1.807) is 0 Å². The van der Waals surface area contributed by atoms with Gasteiger partial charge in [-0.25, -0.2) is 4.52 Å². The van der Waals surface area contributed by atoms with Gasteiger partial charge in [-0.15, -0.1) is 5.10 Å². The summed E-state index contributed by atoms with van der Waals surface area (Å²) in [7, 11) is 0. The first-order chi connectivity index (χ1) is 13.8. The summed E-state index contributed by atoms with van der Waals surface area (Å²) in [6.07, 6.45) is 3.84. The van der Waals surface area contributed by atoms with Gasteiger partial charge in [0.25, 0.3) is 0 Å². The van der Waals surface area contributed by atoms with Gasteiger partial charge in [-0.05, 0) is 30.5 Å². The van der Waals surface area contributed by atoms with E-state index in [1.165, 1.54) is 0 Å². The smallest absolute Gasteiger partial charge is 0.245 e. The van der Waals surface area contributed by atoms with Crippen LogP contribution in [0.2, 0.25) is 0 Å². The van der Waals surface area contributed by atoms with Crippen LogP contribution in [0.4, 0.5) is 17.6 Å². The van der Waals surface area contributed by atoms with Crippen molar-refractivity contribution >= 4 is 23.1 Å². The van der Waals surface area contributed by atoms with Gasteiger partial charge in [0.05, 0.1) is 5.69 Å². The molecule has 1 saturated heterocycles. The molecule has 28 heavy (non-hydrogen) atoms. The van der Waals surface area contributed by atoms with Crippen molar-refractivity contribution in [2.45, 2.75) is 18.9 Å². The largest absolute Gasteiger partial charge is 0.339 e. The number of anilines is 3. The predicted molar refractivity (Wildman–Crippen MR) is 110 cm³/mol. The third kappa shape index (κ3) is 3.18. The molecule has 4 N–H and O–H groups in total. The molecule has 0 spiro atoms. The molecule has 0 atom stereocenters. The molecule has 1 fully saturated rings. The molecule has 0 unspecified atom stereocenters. The van der Waals surface area contributed by atoms with Crippen molar-refractivity contribution in [1.82, 2.24) is 24.8 Å². The molecule has 0 bridgehead atoms. The van der Waals surface area contributed by atoms with Crippen LogP contribution in [0, 0.1) is 0 Å². The number of nitrogens with two attached hydrogens (primary N) is 1. The predicted octanol–water partition coefficient (Wildman–Crippen LogP) is 2.79. The molecule has 0 amide bonds. The van der Waals surface area contributed by atoms with Crippen LogP contribution in [0.3, 0.4) is 0 Å². The second-order valence-electron chi connectivity index (χ2n) is 7.08. The number of fused-ring (bicyclic) bond motifs is 1. The zero-order chi connectivity index (χ0) is 18.9. The Labute approximate surface area is 162 Å².